The third kappa shape index (κ3) is 5.62. The van der Waals surface area contributed by atoms with Gasteiger partial charge in [0.05, 0.1) is 28.0 Å². The second-order valence-corrected chi connectivity index (χ2v) is 15.8. The number of pyridine rings is 3. The van der Waals surface area contributed by atoms with Crippen LogP contribution in [-0.4, -0.2) is 23.8 Å². The van der Waals surface area contributed by atoms with Gasteiger partial charge in [0.15, 0.2) is 0 Å². The van der Waals surface area contributed by atoms with Crippen molar-refractivity contribution >= 4 is 54.8 Å². The van der Waals surface area contributed by atoms with Crippen LogP contribution in [0.4, 0.5) is 0 Å². The van der Waals surface area contributed by atoms with Crippen LogP contribution >= 0.6 is 0 Å². The smallest absolute Gasteiger partial charge is 0.497 e. The van der Waals surface area contributed by atoms with Gasteiger partial charge in [0.2, 0.25) is 0 Å². The molecule has 0 aliphatic heterocycles. The minimum atomic E-state index is 0. The van der Waals surface area contributed by atoms with E-state index in [9.17, 15) is 0 Å². The minimum Gasteiger partial charge on any atom is -0.497 e. The number of rotatable bonds is 5. The number of benzene rings is 6. The SMILES string of the molecule is Cc1cccc(C)c1-c1ccc2c(c1-c1c(C)cccc1C)c1ccc(Oc3[c-]c4c(cc3)c3ncccc3n3c(-c5c(C)cccc5C)cnc43)[c-]c1c1nccn21.[Pt+2]. The summed E-state index contributed by atoms with van der Waals surface area (Å²) in [6.07, 6.45) is 7.72. The normalized spacial score (nSPS) is 11.7. The third-order valence-electron chi connectivity index (χ3n) is 12.1. The van der Waals surface area contributed by atoms with E-state index in [2.05, 4.69) is 147 Å². The van der Waals surface area contributed by atoms with E-state index >= 15 is 0 Å². The molecule has 6 aromatic carbocycles. The predicted octanol–water partition coefficient (Wildman–Crippen LogP) is 13.2. The topological polar surface area (TPSA) is 56.7 Å². The van der Waals surface area contributed by atoms with Crippen LogP contribution in [0.5, 0.6) is 11.5 Å². The van der Waals surface area contributed by atoms with Gasteiger partial charge in [-0.25, -0.2) is 0 Å². The van der Waals surface area contributed by atoms with Crippen LogP contribution in [0, 0.1) is 53.7 Å². The van der Waals surface area contributed by atoms with E-state index in [0.29, 0.717) is 11.5 Å². The van der Waals surface area contributed by atoms with Crippen LogP contribution in [0.2, 0.25) is 0 Å². The maximum Gasteiger partial charge on any atom is 2.00 e. The standard InChI is InChI=1S/C53H39N5O.Pt/c1-30-11-7-12-31(2)46(30)40-22-23-43-49(50(40)48-34(5)15-9-16-35(48)6)38-20-18-36(27-41(38)52-55-25-26-57(43)52)59-37-19-21-39-42(28-37)53-56-29-45(47-32(3)13-8-14-33(47)4)58(53)44-17-10-24-54-51(39)44;/h7-26,29H,1-6H3;/q-2;+2. The molecule has 0 N–H and O–H groups in total. The van der Waals surface area contributed by atoms with Crippen molar-refractivity contribution in [1.29, 1.82) is 0 Å². The fourth-order valence-electron chi connectivity index (χ4n) is 9.56. The van der Waals surface area contributed by atoms with Crippen LogP contribution < -0.4 is 4.74 Å². The van der Waals surface area contributed by atoms with Crippen LogP contribution in [0.3, 0.4) is 0 Å². The number of fused-ring (bicyclic) bond motifs is 12. The molecule has 0 aliphatic rings. The van der Waals surface area contributed by atoms with Crippen molar-refractivity contribution in [2.24, 2.45) is 0 Å². The van der Waals surface area contributed by atoms with E-state index in [-0.39, 0.29) is 21.1 Å². The van der Waals surface area contributed by atoms with Crippen molar-refractivity contribution < 1.29 is 25.8 Å². The number of imidazole rings is 2. The Morgan fingerprint density at radius 3 is 1.77 bits per heavy atom. The second-order valence-electron chi connectivity index (χ2n) is 15.8. The maximum atomic E-state index is 6.69. The van der Waals surface area contributed by atoms with Crippen LogP contribution in [0.25, 0.3) is 88.3 Å². The molecule has 0 unspecified atom stereocenters. The first kappa shape index (κ1) is 37.6. The fourth-order valence-corrected chi connectivity index (χ4v) is 9.56. The molecule has 0 spiro atoms. The second kappa shape index (κ2) is 14.3. The molecule has 0 bridgehead atoms. The molecule has 0 saturated carbocycles. The molecule has 0 amide bonds. The molecular formula is C53H39N5OPt. The van der Waals surface area contributed by atoms with Crippen molar-refractivity contribution in [2.45, 2.75) is 41.5 Å². The maximum absolute atomic E-state index is 6.69. The molecule has 11 rings (SSSR count). The summed E-state index contributed by atoms with van der Waals surface area (Å²) in [6, 6.07) is 43.7. The van der Waals surface area contributed by atoms with Crippen LogP contribution in [-0.2, 0) is 21.1 Å². The summed E-state index contributed by atoms with van der Waals surface area (Å²) in [4.78, 5) is 14.8. The monoisotopic (exact) mass is 956 g/mol. The van der Waals surface area contributed by atoms with E-state index in [1.807, 2.05) is 43.0 Å². The summed E-state index contributed by atoms with van der Waals surface area (Å²) in [7, 11) is 0. The molecular weight excluding hydrogens is 918 g/mol. The molecule has 0 aliphatic carbocycles. The van der Waals surface area contributed by atoms with E-state index in [1.54, 1.807) is 0 Å². The quantitative estimate of drug-likeness (QED) is 0.127. The molecule has 6 nitrogen and oxygen atoms in total. The molecule has 0 saturated heterocycles. The van der Waals surface area contributed by atoms with Crippen molar-refractivity contribution in [3.05, 3.63) is 173 Å². The van der Waals surface area contributed by atoms with Crippen molar-refractivity contribution in [1.82, 2.24) is 23.8 Å². The Morgan fingerprint density at radius 2 is 1.10 bits per heavy atom. The molecule has 0 atom stereocenters. The first-order chi connectivity index (χ1) is 28.8. The van der Waals surface area contributed by atoms with Gasteiger partial charge in [0, 0.05) is 47.4 Å². The van der Waals surface area contributed by atoms with Crippen molar-refractivity contribution in [2.75, 3.05) is 0 Å². The van der Waals surface area contributed by atoms with Crippen LogP contribution in [0.1, 0.15) is 33.4 Å². The van der Waals surface area contributed by atoms with Crippen molar-refractivity contribution in [3.8, 4) is 45.0 Å². The van der Waals surface area contributed by atoms with Gasteiger partial charge in [0.1, 0.15) is 0 Å². The van der Waals surface area contributed by atoms with Crippen LogP contribution in [0.15, 0.2) is 128 Å². The molecule has 292 valence electrons. The van der Waals surface area contributed by atoms with Gasteiger partial charge in [-0.05, 0) is 121 Å². The summed E-state index contributed by atoms with van der Waals surface area (Å²) < 4.78 is 11.1. The Kier molecular flexibility index (Phi) is 8.96. The molecule has 7 heteroatoms. The zero-order chi connectivity index (χ0) is 40.1. The Bertz CT molecular complexity index is 3500. The Labute approximate surface area is 362 Å². The molecule has 5 aromatic heterocycles. The number of ether oxygens (including phenoxy) is 1. The number of hydrogen-bond donors (Lipinski definition) is 0. The molecule has 0 fully saturated rings. The van der Waals surface area contributed by atoms with Gasteiger partial charge in [-0.3, -0.25) is 15.0 Å². The van der Waals surface area contributed by atoms with Gasteiger partial charge < -0.3 is 13.5 Å². The van der Waals surface area contributed by atoms with E-state index in [4.69, 9.17) is 19.7 Å². The fraction of sp³-hybridized carbons (Fsp3) is 0.113. The molecule has 11 aromatic rings. The zero-order valence-corrected chi connectivity index (χ0v) is 36.4. The summed E-state index contributed by atoms with van der Waals surface area (Å²) >= 11 is 0. The van der Waals surface area contributed by atoms with E-state index < -0.39 is 0 Å². The first-order valence-corrected chi connectivity index (χ1v) is 20.0. The zero-order valence-electron chi connectivity index (χ0n) is 34.1. The Morgan fingerprint density at radius 1 is 0.500 bits per heavy atom. The number of hydrogen-bond acceptors (Lipinski definition) is 4. The van der Waals surface area contributed by atoms with Gasteiger partial charge >= 0.3 is 21.1 Å². The number of aromatic nitrogens is 5. The summed E-state index contributed by atoms with van der Waals surface area (Å²) in [5.74, 6) is 1.14. The Balaban J connectivity index is 0.00000433. The average Bonchev–Trinajstić information content (AvgIpc) is 3.91. The van der Waals surface area contributed by atoms with Crippen molar-refractivity contribution in [3.63, 3.8) is 0 Å². The van der Waals surface area contributed by atoms with Gasteiger partial charge in [-0.1, -0.05) is 106 Å². The predicted molar refractivity (Wildman–Crippen MR) is 241 cm³/mol. The minimum absolute atomic E-state index is 0. The largest absolute Gasteiger partial charge is 2.00 e. The first-order valence-electron chi connectivity index (χ1n) is 20.0. The summed E-state index contributed by atoms with van der Waals surface area (Å²) in [5.41, 5.74) is 19.1. The number of nitrogens with zero attached hydrogens (tertiary/aromatic N) is 5. The van der Waals surface area contributed by atoms with Gasteiger partial charge in [0.25, 0.3) is 0 Å². The summed E-state index contributed by atoms with van der Waals surface area (Å²) in [5, 5.41) is 4.91. The van der Waals surface area contributed by atoms with E-state index in [0.717, 1.165) is 60.5 Å². The van der Waals surface area contributed by atoms with Gasteiger partial charge in [-0.2, -0.15) is 0 Å². The van der Waals surface area contributed by atoms with E-state index in [1.165, 1.54) is 61.2 Å². The number of aryl methyl sites for hydroxylation is 6. The summed E-state index contributed by atoms with van der Waals surface area (Å²) in [6.45, 7) is 13.1. The molecule has 5 heterocycles. The average molecular weight is 957 g/mol. The van der Waals surface area contributed by atoms with Gasteiger partial charge in [-0.15, -0.1) is 12.1 Å². The molecule has 0 radical (unpaired) electrons. The third-order valence-corrected chi connectivity index (χ3v) is 12.1. The Hall–Kier alpha value is -6.62. The molecule has 60 heavy (non-hydrogen) atoms.